The van der Waals surface area contributed by atoms with Gasteiger partial charge in [-0.1, -0.05) is 29.3 Å². The molecule has 0 unspecified atom stereocenters. The van der Waals surface area contributed by atoms with Gasteiger partial charge in [-0.2, -0.15) is 5.10 Å². The summed E-state index contributed by atoms with van der Waals surface area (Å²) in [5.74, 6) is 1.77. The number of hydrazone groups is 1. The molecule has 8 nitrogen and oxygen atoms in total. The quantitative estimate of drug-likeness (QED) is 0.101. The number of aromatic nitrogens is 1. The number of furan rings is 1. The Hall–Kier alpha value is -3.70. The van der Waals surface area contributed by atoms with E-state index in [4.69, 9.17) is 41.8 Å². The summed E-state index contributed by atoms with van der Waals surface area (Å²) in [7, 11) is 0. The molecule has 5 rings (SSSR count). The van der Waals surface area contributed by atoms with E-state index in [0.717, 1.165) is 22.6 Å². The van der Waals surface area contributed by atoms with Gasteiger partial charge in [-0.05, 0) is 125 Å². The first-order valence-electron chi connectivity index (χ1n) is 14.2. The number of nitrogens with one attached hydrogen (secondary N) is 1. The van der Waals surface area contributed by atoms with Crippen molar-refractivity contribution in [3.05, 3.63) is 126 Å². The lowest BCUT2D eigenvalue weighted by atomic mass is 10.2. The lowest BCUT2D eigenvalue weighted by Gasteiger charge is -2.16. The maximum Gasteiger partial charge on any atom is 0.307 e. The standard InChI is InChI=1S/C34H29Br2Cl2N3O5/c1-4-43-30-16-23(31(35)32(36)33(30)45-18-22-7-13-27(37)28(38)15-22)17-39-40-34(42)29-14-12-26(46-29)19-44-25-10-8-24(9-11-25)41-20(2)5-6-21(41)3/h5-17H,4,18-19H2,1-3H3,(H,40,42)/b39-17+. The highest BCUT2D eigenvalue weighted by molar-refractivity contribution is 9.13. The first-order valence-corrected chi connectivity index (χ1v) is 16.5. The molecule has 2 aromatic heterocycles. The van der Waals surface area contributed by atoms with Crippen molar-refractivity contribution in [3.63, 3.8) is 0 Å². The van der Waals surface area contributed by atoms with Gasteiger partial charge in [0.05, 0.1) is 27.3 Å². The molecule has 0 aliphatic heterocycles. The van der Waals surface area contributed by atoms with Crippen molar-refractivity contribution >= 4 is 67.2 Å². The van der Waals surface area contributed by atoms with Crippen molar-refractivity contribution in [2.45, 2.75) is 34.0 Å². The van der Waals surface area contributed by atoms with Crippen molar-refractivity contribution in [2.75, 3.05) is 6.61 Å². The van der Waals surface area contributed by atoms with Gasteiger partial charge < -0.3 is 23.2 Å². The molecule has 238 valence electrons. The normalized spacial score (nSPS) is 11.2. The lowest BCUT2D eigenvalue weighted by Crippen LogP contribution is -2.16. The van der Waals surface area contributed by atoms with Crippen molar-refractivity contribution in [1.29, 1.82) is 0 Å². The minimum Gasteiger partial charge on any atom is -0.490 e. The van der Waals surface area contributed by atoms with E-state index in [-0.39, 0.29) is 19.0 Å². The lowest BCUT2D eigenvalue weighted by molar-refractivity contribution is 0.0923. The number of amides is 1. The second-order valence-corrected chi connectivity index (χ2v) is 12.5. The molecule has 0 spiro atoms. The molecule has 46 heavy (non-hydrogen) atoms. The molecular weight excluding hydrogens is 761 g/mol. The van der Waals surface area contributed by atoms with Crippen LogP contribution in [0, 0.1) is 13.8 Å². The minimum absolute atomic E-state index is 0.103. The zero-order valence-electron chi connectivity index (χ0n) is 25.1. The zero-order valence-corrected chi connectivity index (χ0v) is 29.8. The van der Waals surface area contributed by atoms with Gasteiger partial charge in [0, 0.05) is 27.1 Å². The fourth-order valence-corrected chi connectivity index (χ4v) is 5.85. The summed E-state index contributed by atoms with van der Waals surface area (Å²) in [6, 6.07) is 22.3. The van der Waals surface area contributed by atoms with Crippen LogP contribution in [0.3, 0.4) is 0 Å². The highest BCUT2D eigenvalue weighted by atomic mass is 79.9. The number of nitrogens with zero attached hydrogens (tertiary/aromatic N) is 2. The highest BCUT2D eigenvalue weighted by Gasteiger charge is 2.18. The number of carbonyl (C=O) groups excluding carboxylic acids is 1. The number of hydrogen-bond acceptors (Lipinski definition) is 6. The van der Waals surface area contributed by atoms with Crippen LogP contribution in [0.15, 0.2) is 91.3 Å². The molecule has 1 amide bonds. The summed E-state index contributed by atoms with van der Waals surface area (Å²) in [6.45, 7) is 6.82. The Morgan fingerprint density at radius 2 is 1.63 bits per heavy atom. The Labute approximate surface area is 293 Å². The van der Waals surface area contributed by atoms with Crippen LogP contribution in [0.25, 0.3) is 5.69 Å². The topological polar surface area (TPSA) is 87.2 Å². The molecule has 5 aromatic rings. The number of aryl methyl sites for hydroxylation is 2. The first kappa shape index (κ1) is 33.7. The fourth-order valence-electron chi connectivity index (χ4n) is 4.60. The van der Waals surface area contributed by atoms with E-state index in [1.807, 2.05) is 37.3 Å². The summed E-state index contributed by atoms with van der Waals surface area (Å²) in [5.41, 5.74) is 7.35. The smallest absolute Gasteiger partial charge is 0.307 e. The third-order valence-electron chi connectivity index (χ3n) is 6.83. The third-order valence-corrected chi connectivity index (χ3v) is 9.71. The minimum atomic E-state index is -0.508. The molecule has 0 radical (unpaired) electrons. The van der Waals surface area contributed by atoms with E-state index < -0.39 is 5.91 Å². The number of ether oxygens (including phenoxy) is 3. The molecule has 0 fully saturated rings. The Morgan fingerprint density at radius 3 is 2.33 bits per heavy atom. The van der Waals surface area contributed by atoms with Gasteiger partial charge in [0.15, 0.2) is 17.3 Å². The van der Waals surface area contributed by atoms with Crippen LogP contribution in [0.1, 0.15) is 45.8 Å². The van der Waals surface area contributed by atoms with E-state index in [0.29, 0.717) is 54.2 Å². The van der Waals surface area contributed by atoms with E-state index in [1.54, 1.807) is 30.3 Å². The SMILES string of the molecule is CCOc1cc(/C=N/NC(=O)c2ccc(COc3ccc(-n4c(C)ccc4C)cc3)o2)c(Br)c(Br)c1OCc1ccc(Cl)c(Cl)c1. The highest BCUT2D eigenvalue weighted by Crippen LogP contribution is 2.43. The third kappa shape index (κ3) is 7.98. The van der Waals surface area contributed by atoms with Gasteiger partial charge in [-0.25, -0.2) is 5.43 Å². The van der Waals surface area contributed by atoms with Gasteiger partial charge in [-0.15, -0.1) is 0 Å². The second-order valence-electron chi connectivity index (χ2n) is 10.1. The summed E-state index contributed by atoms with van der Waals surface area (Å²) in [6.07, 6.45) is 1.49. The summed E-state index contributed by atoms with van der Waals surface area (Å²) >= 11 is 19.3. The maximum atomic E-state index is 12.7. The Morgan fingerprint density at radius 1 is 0.891 bits per heavy atom. The van der Waals surface area contributed by atoms with Gasteiger partial charge in [0.25, 0.3) is 0 Å². The van der Waals surface area contributed by atoms with E-state index in [9.17, 15) is 4.79 Å². The van der Waals surface area contributed by atoms with Crippen LogP contribution in [-0.2, 0) is 13.2 Å². The van der Waals surface area contributed by atoms with E-state index in [1.165, 1.54) is 6.21 Å². The fraction of sp³-hybridized carbons (Fsp3) is 0.176. The molecule has 12 heteroatoms. The van der Waals surface area contributed by atoms with Gasteiger partial charge >= 0.3 is 5.91 Å². The van der Waals surface area contributed by atoms with Crippen molar-refractivity contribution in [3.8, 4) is 22.9 Å². The molecule has 2 heterocycles. The largest absolute Gasteiger partial charge is 0.490 e. The van der Waals surface area contributed by atoms with Crippen LogP contribution in [0.5, 0.6) is 17.2 Å². The average Bonchev–Trinajstić information content (AvgIpc) is 3.66. The van der Waals surface area contributed by atoms with E-state index in [2.05, 4.69) is 72.9 Å². The van der Waals surface area contributed by atoms with Crippen molar-refractivity contribution in [2.24, 2.45) is 5.10 Å². The number of halogens is 4. The zero-order chi connectivity index (χ0) is 32.8. The average molecular weight is 790 g/mol. The second kappa shape index (κ2) is 15.3. The predicted molar refractivity (Wildman–Crippen MR) is 187 cm³/mol. The number of hydrogen-bond donors (Lipinski definition) is 1. The number of carbonyl (C=O) groups is 1. The molecule has 0 aliphatic carbocycles. The van der Waals surface area contributed by atoms with Crippen LogP contribution in [0.4, 0.5) is 0 Å². The summed E-state index contributed by atoms with van der Waals surface area (Å²) in [5, 5.41) is 5.03. The number of benzene rings is 3. The Kier molecular flexibility index (Phi) is 11.2. The van der Waals surface area contributed by atoms with Crippen molar-refractivity contribution in [1.82, 2.24) is 9.99 Å². The summed E-state index contributed by atoms with van der Waals surface area (Å²) < 4.78 is 26.9. The molecule has 0 saturated heterocycles. The molecule has 1 N–H and O–H groups in total. The number of rotatable bonds is 12. The predicted octanol–water partition coefficient (Wildman–Crippen LogP) is 9.84. The molecular formula is C34H29Br2Cl2N3O5. The van der Waals surface area contributed by atoms with Crippen LogP contribution in [0.2, 0.25) is 10.0 Å². The Balaban J connectivity index is 1.19. The van der Waals surface area contributed by atoms with Gasteiger partial charge in [-0.3, -0.25) is 4.79 Å². The molecule has 0 saturated carbocycles. The van der Waals surface area contributed by atoms with Gasteiger partial charge in [0.1, 0.15) is 24.7 Å². The summed E-state index contributed by atoms with van der Waals surface area (Å²) in [4.78, 5) is 12.7. The molecule has 0 atom stereocenters. The molecule has 0 bridgehead atoms. The van der Waals surface area contributed by atoms with Crippen molar-refractivity contribution < 1.29 is 23.4 Å². The first-order chi connectivity index (χ1) is 22.1. The van der Waals surface area contributed by atoms with Crippen LogP contribution < -0.4 is 19.6 Å². The molecule has 3 aromatic carbocycles. The molecule has 0 aliphatic rings. The van der Waals surface area contributed by atoms with E-state index >= 15 is 0 Å². The monoisotopic (exact) mass is 787 g/mol. The Bertz CT molecular complexity index is 1870. The van der Waals surface area contributed by atoms with Crippen LogP contribution >= 0.6 is 55.1 Å². The van der Waals surface area contributed by atoms with Crippen LogP contribution in [-0.4, -0.2) is 23.3 Å². The maximum absolute atomic E-state index is 12.7. The van der Waals surface area contributed by atoms with Gasteiger partial charge in [0.2, 0.25) is 0 Å².